The van der Waals surface area contributed by atoms with Gasteiger partial charge in [0.1, 0.15) is 0 Å². The first kappa shape index (κ1) is 13.3. The molecule has 1 aliphatic heterocycles. The number of benzene rings is 1. The molecule has 0 unspecified atom stereocenters. The van der Waals surface area contributed by atoms with Gasteiger partial charge in [0.15, 0.2) is 0 Å². The monoisotopic (exact) mass is 272 g/mol. The molecule has 1 aromatic heterocycles. The Morgan fingerprint density at radius 1 is 1.15 bits per heavy atom. The summed E-state index contributed by atoms with van der Waals surface area (Å²) in [6, 6.07) is 9.86. The lowest BCUT2D eigenvalue weighted by atomic mass is 10.1. The number of para-hydroxylation sites is 1. The largest absolute Gasteiger partial charge is 0.379 e. The number of fused-ring (bicyclic) bond motifs is 1. The van der Waals surface area contributed by atoms with Gasteiger partial charge in [-0.3, -0.25) is 9.69 Å². The van der Waals surface area contributed by atoms with Crippen molar-refractivity contribution in [2.75, 3.05) is 32.8 Å². The molecule has 1 saturated heterocycles. The highest BCUT2D eigenvalue weighted by molar-refractivity contribution is 5.82. The van der Waals surface area contributed by atoms with Crippen LogP contribution >= 0.6 is 0 Å². The fourth-order valence-electron chi connectivity index (χ4n) is 2.80. The Morgan fingerprint density at radius 2 is 1.90 bits per heavy atom. The summed E-state index contributed by atoms with van der Waals surface area (Å²) in [5.74, 6) is 0. The first-order chi connectivity index (χ1) is 9.75. The Bertz CT molecular complexity index is 657. The molecule has 0 N–H and O–H groups in total. The van der Waals surface area contributed by atoms with Gasteiger partial charge in [0.2, 0.25) is 0 Å². The Labute approximate surface area is 118 Å². The van der Waals surface area contributed by atoms with Gasteiger partial charge in [0.05, 0.1) is 18.7 Å². The molecule has 20 heavy (non-hydrogen) atoms. The van der Waals surface area contributed by atoms with Crippen molar-refractivity contribution in [3.63, 3.8) is 0 Å². The predicted molar refractivity (Wildman–Crippen MR) is 80.2 cm³/mol. The van der Waals surface area contributed by atoms with Crippen molar-refractivity contribution in [3.05, 3.63) is 46.2 Å². The van der Waals surface area contributed by atoms with E-state index in [4.69, 9.17) is 4.74 Å². The first-order valence-corrected chi connectivity index (χ1v) is 7.15. The van der Waals surface area contributed by atoms with Gasteiger partial charge in [0, 0.05) is 37.6 Å². The third kappa shape index (κ3) is 2.62. The second-order valence-corrected chi connectivity index (χ2v) is 5.29. The van der Waals surface area contributed by atoms with Crippen LogP contribution in [0.5, 0.6) is 0 Å². The lowest BCUT2D eigenvalue weighted by Crippen LogP contribution is -2.39. The minimum atomic E-state index is 0.0921. The number of pyridine rings is 1. The molecule has 4 nitrogen and oxygen atoms in total. The predicted octanol–water partition coefficient (Wildman–Crippen LogP) is 1.64. The molecule has 0 atom stereocenters. The van der Waals surface area contributed by atoms with E-state index < -0.39 is 0 Å². The second-order valence-electron chi connectivity index (χ2n) is 5.29. The molecule has 106 valence electrons. The molecule has 0 saturated carbocycles. The number of nitrogens with zero attached hydrogens (tertiary/aromatic N) is 2. The normalized spacial score (nSPS) is 16.6. The molecule has 0 amide bonds. The van der Waals surface area contributed by atoms with Crippen molar-refractivity contribution >= 4 is 10.9 Å². The third-order valence-corrected chi connectivity index (χ3v) is 3.97. The van der Waals surface area contributed by atoms with Gasteiger partial charge in [-0.25, -0.2) is 0 Å². The minimum absolute atomic E-state index is 0.0921. The SMILES string of the molecule is Cc1cc(=O)n(CCN2CCOCC2)c2ccccc12. The van der Waals surface area contributed by atoms with E-state index in [1.807, 2.05) is 29.7 Å². The Kier molecular flexibility index (Phi) is 3.85. The zero-order chi connectivity index (χ0) is 13.9. The van der Waals surface area contributed by atoms with Crippen molar-refractivity contribution in [1.29, 1.82) is 0 Å². The van der Waals surface area contributed by atoms with Gasteiger partial charge >= 0.3 is 0 Å². The Balaban J connectivity index is 1.88. The van der Waals surface area contributed by atoms with Crippen molar-refractivity contribution in [2.45, 2.75) is 13.5 Å². The molecule has 0 aliphatic carbocycles. The van der Waals surface area contributed by atoms with Crippen molar-refractivity contribution < 1.29 is 4.74 Å². The topological polar surface area (TPSA) is 34.5 Å². The summed E-state index contributed by atoms with van der Waals surface area (Å²) in [4.78, 5) is 14.6. The van der Waals surface area contributed by atoms with Gasteiger partial charge in [-0.05, 0) is 18.6 Å². The molecule has 3 rings (SSSR count). The van der Waals surface area contributed by atoms with E-state index in [0.717, 1.165) is 55.9 Å². The van der Waals surface area contributed by atoms with Crippen LogP contribution in [0.2, 0.25) is 0 Å². The molecule has 2 aromatic rings. The summed E-state index contributed by atoms with van der Waals surface area (Å²) in [7, 11) is 0. The van der Waals surface area contributed by atoms with E-state index in [2.05, 4.69) is 11.0 Å². The van der Waals surface area contributed by atoms with Crippen molar-refractivity contribution in [3.8, 4) is 0 Å². The Hall–Kier alpha value is -1.65. The summed E-state index contributed by atoms with van der Waals surface area (Å²) < 4.78 is 7.24. The molecule has 1 aliphatic rings. The molecule has 0 bridgehead atoms. The van der Waals surface area contributed by atoms with Gasteiger partial charge in [-0.1, -0.05) is 18.2 Å². The standard InChI is InChI=1S/C16H20N2O2/c1-13-12-16(19)18(15-5-3-2-4-14(13)15)7-6-17-8-10-20-11-9-17/h2-5,12H,6-11H2,1H3. The van der Waals surface area contributed by atoms with Crippen LogP contribution in [0.15, 0.2) is 35.1 Å². The van der Waals surface area contributed by atoms with Crippen LogP contribution in [0.25, 0.3) is 10.9 Å². The maximum Gasteiger partial charge on any atom is 0.251 e. The minimum Gasteiger partial charge on any atom is -0.379 e. The number of aromatic nitrogens is 1. The van der Waals surface area contributed by atoms with E-state index in [1.54, 1.807) is 6.07 Å². The molecular formula is C16H20N2O2. The quantitative estimate of drug-likeness (QED) is 0.852. The van der Waals surface area contributed by atoms with Crippen LogP contribution in [-0.4, -0.2) is 42.3 Å². The lowest BCUT2D eigenvalue weighted by Gasteiger charge is -2.27. The molecule has 0 radical (unpaired) electrons. The number of ether oxygens (including phenoxy) is 1. The summed E-state index contributed by atoms with van der Waals surface area (Å²) in [6.07, 6.45) is 0. The molecule has 4 heteroatoms. The fraction of sp³-hybridized carbons (Fsp3) is 0.438. The number of aryl methyl sites for hydroxylation is 1. The summed E-state index contributed by atoms with van der Waals surface area (Å²) in [6.45, 7) is 7.14. The van der Waals surface area contributed by atoms with E-state index >= 15 is 0 Å². The van der Waals surface area contributed by atoms with Crippen molar-refractivity contribution in [1.82, 2.24) is 9.47 Å². The number of hydrogen-bond acceptors (Lipinski definition) is 3. The maximum atomic E-state index is 12.2. The van der Waals surface area contributed by atoms with Gasteiger partial charge in [0.25, 0.3) is 5.56 Å². The van der Waals surface area contributed by atoms with Crippen LogP contribution < -0.4 is 5.56 Å². The molecular weight excluding hydrogens is 252 g/mol. The average Bonchev–Trinajstić information content (AvgIpc) is 2.48. The van der Waals surface area contributed by atoms with E-state index in [9.17, 15) is 4.79 Å². The van der Waals surface area contributed by atoms with E-state index in [1.165, 1.54) is 0 Å². The van der Waals surface area contributed by atoms with Crippen LogP contribution in [-0.2, 0) is 11.3 Å². The molecule has 1 aromatic carbocycles. The van der Waals surface area contributed by atoms with Gasteiger partial charge in [-0.2, -0.15) is 0 Å². The van der Waals surface area contributed by atoms with Crippen LogP contribution in [0, 0.1) is 6.92 Å². The maximum absolute atomic E-state index is 12.2. The fourth-order valence-corrected chi connectivity index (χ4v) is 2.80. The van der Waals surface area contributed by atoms with E-state index in [-0.39, 0.29) is 5.56 Å². The van der Waals surface area contributed by atoms with Gasteiger partial charge in [-0.15, -0.1) is 0 Å². The molecule has 2 heterocycles. The number of rotatable bonds is 3. The van der Waals surface area contributed by atoms with Crippen molar-refractivity contribution in [2.24, 2.45) is 0 Å². The lowest BCUT2D eigenvalue weighted by molar-refractivity contribution is 0.0364. The van der Waals surface area contributed by atoms with Crippen LogP contribution in [0.3, 0.4) is 0 Å². The van der Waals surface area contributed by atoms with Crippen LogP contribution in [0.1, 0.15) is 5.56 Å². The number of morpholine rings is 1. The third-order valence-electron chi connectivity index (χ3n) is 3.97. The zero-order valence-electron chi connectivity index (χ0n) is 11.8. The van der Waals surface area contributed by atoms with Crippen LogP contribution in [0.4, 0.5) is 0 Å². The molecule has 1 fully saturated rings. The summed E-state index contributed by atoms with van der Waals surface area (Å²) in [5, 5.41) is 1.16. The second kappa shape index (κ2) is 5.77. The highest BCUT2D eigenvalue weighted by atomic mass is 16.5. The smallest absolute Gasteiger partial charge is 0.251 e. The highest BCUT2D eigenvalue weighted by Crippen LogP contribution is 2.15. The first-order valence-electron chi connectivity index (χ1n) is 7.15. The zero-order valence-corrected chi connectivity index (χ0v) is 11.8. The van der Waals surface area contributed by atoms with E-state index in [0.29, 0.717) is 0 Å². The Morgan fingerprint density at radius 3 is 2.70 bits per heavy atom. The van der Waals surface area contributed by atoms with Gasteiger partial charge < -0.3 is 9.30 Å². The highest BCUT2D eigenvalue weighted by Gasteiger charge is 2.11. The summed E-state index contributed by atoms with van der Waals surface area (Å²) >= 11 is 0. The molecule has 0 spiro atoms. The summed E-state index contributed by atoms with van der Waals surface area (Å²) in [5.41, 5.74) is 2.17. The average molecular weight is 272 g/mol. The number of hydrogen-bond donors (Lipinski definition) is 0.